The van der Waals surface area contributed by atoms with Gasteiger partial charge in [0.15, 0.2) is 17.3 Å². The van der Waals surface area contributed by atoms with Gasteiger partial charge >= 0.3 is 29.6 Å². The Hall–Kier alpha value is -2.68. The first-order chi connectivity index (χ1) is 13.1. The fourth-order valence-corrected chi connectivity index (χ4v) is 2.95. The number of carboxylic acid groups (broad SMARTS) is 1. The SMILES string of the molecule is COc1ccc(-c2cnoc2-c2cc(OC)c3c(c2)OCO3)cc1C(=O)[O-].[Na+]. The zero-order chi connectivity index (χ0) is 19.0. The predicted octanol–water partition coefficient (Wildman–Crippen LogP) is -0.878. The molecule has 9 heteroatoms. The molecule has 2 heterocycles. The van der Waals surface area contributed by atoms with Crippen molar-refractivity contribution in [3.05, 3.63) is 42.1 Å². The smallest absolute Gasteiger partial charge is 0.545 e. The maximum absolute atomic E-state index is 11.4. The van der Waals surface area contributed by atoms with Gasteiger partial charge in [0, 0.05) is 16.7 Å². The first kappa shape index (κ1) is 20.1. The van der Waals surface area contributed by atoms with Crippen LogP contribution in [0.15, 0.2) is 41.1 Å². The maximum atomic E-state index is 11.4. The van der Waals surface area contributed by atoms with Crippen molar-refractivity contribution >= 4 is 5.97 Å². The number of aromatic carboxylic acids is 1. The van der Waals surface area contributed by atoms with Crippen LogP contribution >= 0.6 is 0 Å². The standard InChI is InChI=1S/C19H15NO7.Na/c1-23-14-4-3-10(5-12(14)19(21)22)13-8-20-27-17(13)11-6-15(24-2)18-16(7-11)25-9-26-18;/h3-8H,9H2,1-2H3,(H,21,22);/q;+1/p-1. The molecular formula is C19H14NNaO7. The Morgan fingerprint density at radius 2 is 1.86 bits per heavy atom. The molecule has 0 saturated heterocycles. The fraction of sp³-hybridized carbons (Fsp3) is 0.158. The maximum Gasteiger partial charge on any atom is 1.00 e. The monoisotopic (exact) mass is 391 g/mol. The van der Waals surface area contributed by atoms with Gasteiger partial charge in [-0.3, -0.25) is 0 Å². The van der Waals surface area contributed by atoms with E-state index in [0.29, 0.717) is 39.7 Å². The summed E-state index contributed by atoms with van der Waals surface area (Å²) in [4.78, 5) is 11.4. The molecule has 1 aliphatic heterocycles. The predicted molar refractivity (Wildman–Crippen MR) is 90.9 cm³/mol. The molecule has 3 aromatic rings. The summed E-state index contributed by atoms with van der Waals surface area (Å²) in [5, 5.41) is 15.3. The molecule has 1 aliphatic rings. The molecule has 0 atom stereocenters. The minimum atomic E-state index is -1.34. The van der Waals surface area contributed by atoms with E-state index in [2.05, 4.69) is 5.16 Å². The molecule has 0 amide bonds. The van der Waals surface area contributed by atoms with Crippen molar-refractivity contribution in [2.24, 2.45) is 0 Å². The molecule has 1 aromatic heterocycles. The summed E-state index contributed by atoms with van der Waals surface area (Å²) < 4.78 is 26.7. The van der Waals surface area contributed by atoms with Crippen LogP contribution in [-0.4, -0.2) is 32.1 Å². The van der Waals surface area contributed by atoms with Crippen molar-refractivity contribution in [3.8, 4) is 45.4 Å². The zero-order valence-corrected chi connectivity index (χ0v) is 17.5. The molecule has 0 radical (unpaired) electrons. The number of carboxylic acids is 1. The van der Waals surface area contributed by atoms with E-state index in [0.717, 1.165) is 0 Å². The van der Waals surface area contributed by atoms with E-state index < -0.39 is 5.97 Å². The molecule has 8 nitrogen and oxygen atoms in total. The summed E-state index contributed by atoms with van der Waals surface area (Å²) in [6, 6.07) is 8.20. The van der Waals surface area contributed by atoms with E-state index in [9.17, 15) is 9.90 Å². The Morgan fingerprint density at radius 1 is 1.07 bits per heavy atom. The van der Waals surface area contributed by atoms with Gasteiger partial charge in [0.1, 0.15) is 5.75 Å². The third kappa shape index (κ3) is 3.42. The molecule has 2 aromatic carbocycles. The average Bonchev–Trinajstić information content (AvgIpc) is 3.35. The van der Waals surface area contributed by atoms with E-state index in [1.54, 1.807) is 24.3 Å². The number of carbonyl (C=O) groups excluding carboxylic acids is 1. The van der Waals surface area contributed by atoms with Gasteiger partial charge in [-0.2, -0.15) is 0 Å². The van der Waals surface area contributed by atoms with Crippen LogP contribution in [0.2, 0.25) is 0 Å². The first-order valence-corrected chi connectivity index (χ1v) is 7.94. The summed E-state index contributed by atoms with van der Waals surface area (Å²) in [5.41, 5.74) is 1.77. The van der Waals surface area contributed by atoms with Gasteiger partial charge in [-0.05, 0) is 29.8 Å². The molecule has 0 unspecified atom stereocenters. The Labute approximate surface area is 182 Å². The number of rotatable bonds is 5. The minimum absolute atomic E-state index is 0. The Balaban J connectivity index is 0.00000225. The summed E-state index contributed by atoms with van der Waals surface area (Å²) in [7, 11) is 2.92. The molecule has 0 N–H and O–H groups in total. The summed E-state index contributed by atoms with van der Waals surface area (Å²) in [6.45, 7) is 0.103. The summed E-state index contributed by atoms with van der Waals surface area (Å²) >= 11 is 0. The van der Waals surface area contributed by atoms with Crippen molar-refractivity contribution < 1.29 is 62.9 Å². The van der Waals surface area contributed by atoms with Crippen molar-refractivity contribution in [1.29, 1.82) is 0 Å². The van der Waals surface area contributed by atoms with Gasteiger partial charge in [-0.1, -0.05) is 11.2 Å². The number of fused-ring (bicyclic) bond motifs is 1. The van der Waals surface area contributed by atoms with Crippen LogP contribution in [0.1, 0.15) is 10.4 Å². The van der Waals surface area contributed by atoms with Crippen LogP contribution in [0, 0.1) is 0 Å². The number of ether oxygens (including phenoxy) is 4. The van der Waals surface area contributed by atoms with Crippen molar-refractivity contribution in [1.82, 2.24) is 5.16 Å². The van der Waals surface area contributed by atoms with Gasteiger partial charge in [-0.15, -0.1) is 0 Å². The van der Waals surface area contributed by atoms with Crippen molar-refractivity contribution in [3.63, 3.8) is 0 Å². The van der Waals surface area contributed by atoms with E-state index in [4.69, 9.17) is 23.5 Å². The summed E-state index contributed by atoms with van der Waals surface area (Å²) in [5.74, 6) is 0.842. The van der Waals surface area contributed by atoms with Crippen LogP contribution < -0.4 is 53.6 Å². The van der Waals surface area contributed by atoms with E-state index >= 15 is 0 Å². The van der Waals surface area contributed by atoms with Gasteiger partial charge in [0.2, 0.25) is 12.5 Å². The number of hydrogen-bond acceptors (Lipinski definition) is 8. The molecule has 0 spiro atoms. The number of nitrogens with zero attached hydrogens (tertiary/aromatic N) is 1. The molecule has 4 rings (SSSR count). The van der Waals surface area contributed by atoms with E-state index in [1.807, 2.05) is 0 Å². The second-order valence-corrected chi connectivity index (χ2v) is 5.68. The van der Waals surface area contributed by atoms with E-state index in [1.165, 1.54) is 26.5 Å². The van der Waals surface area contributed by atoms with Crippen molar-refractivity contribution in [2.45, 2.75) is 0 Å². The first-order valence-electron chi connectivity index (χ1n) is 7.94. The molecule has 0 bridgehead atoms. The Kier molecular flexibility index (Phi) is 5.83. The summed E-state index contributed by atoms with van der Waals surface area (Å²) in [6.07, 6.45) is 1.51. The van der Waals surface area contributed by atoms with Crippen LogP contribution in [0.4, 0.5) is 0 Å². The molecule has 0 saturated carbocycles. The zero-order valence-electron chi connectivity index (χ0n) is 15.5. The van der Waals surface area contributed by atoms with Gasteiger partial charge < -0.3 is 33.4 Å². The Bertz CT molecular complexity index is 1030. The van der Waals surface area contributed by atoms with Gasteiger partial charge in [0.05, 0.1) is 26.4 Å². The fourth-order valence-electron chi connectivity index (χ4n) is 2.95. The second-order valence-electron chi connectivity index (χ2n) is 5.68. The number of aromatic nitrogens is 1. The molecule has 28 heavy (non-hydrogen) atoms. The van der Waals surface area contributed by atoms with E-state index in [-0.39, 0.29) is 47.7 Å². The van der Waals surface area contributed by atoms with Crippen LogP contribution in [0.3, 0.4) is 0 Å². The minimum Gasteiger partial charge on any atom is -0.545 e. The number of hydrogen-bond donors (Lipinski definition) is 0. The molecule has 138 valence electrons. The molecule has 0 fully saturated rings. The second kappa shape index (κ2) is 8.14. The number of carbonyl (C=O) groups is 1. The van der Waals surface area contributed by atoms with Crippen LogP contribution in [-0.2, 0) is 0 Å². The average molecular weight is 391 g/mol. The molecular weight excluding hydrogens is 377 g/mol. The van der Waals surface area contributed by atoms with Crippen molar-refractivity contribution in [2.75, 3.05) is 21.0 Å². The quantitative estimate of drug-likeness (QED) is 0.517. The van der Waals surface area contributed by atoms with Crippen LogP contribution in [0.25, 0.3) is 22.5 Å². The Morgan fingerprint density at radius 3 is 2.57 bits per heavy atom. The van der Waals surface area contributed by atoms with Gasteiger partial charge in [-0.25, -0.2) is 0 Å². The topological polar surface area (TPSA) is 103 Å². The third-order valence-electron chi connectivity index (χ3n) is 4.22. The normalized spacial score (nSPS) is 11.6. The third-order valence-corrected chi connectivity index (χ3v) is 4.22. The molecule has 0 aliphatic carbocycles. The van der Waals surface area contributed by atoms with Gasteiger partial charge in [0.25, 0.3) is 0 Å². The number of benzene rings is 2. The van der Waals surface area contributed by atoms with Crippen LogP contribution in [0.5, 0.6) is 23.0 Å². The number of methoxy groups -OCH3 is 2. The largest absolute Gasteiger partial charge is 1.00 e.